The molecule has 0 spiro atoms. The van der Waals surface area contributed by atoms with Gasteiger partial charge in [0.15, 0.2) is 0 Å². The van der Waals surface area contributed by atoms with E-state index in [4.69, 9.17) is 0 Å². The average Bonchev–Trinajstić information content (AvgIpc) is 3.15. The van der Waals surface area contributed by atoms with Crippen molar-refractivity contribution in [2.75, 3.05) is 0 Å². The summed E-state index contributed by atoms with van der Waals surface area (Å²) in [5, 5.41) is 3.99. The van der Waals surface area contributed by atoms with E-state index in [-0.39, 0.29) is 0 Å². The number of rotatable bonds is 16. The van der Waals surface area contributed by atoms with Crippen LogP contribution in [0.5, 0.6) is 5.75 Å². The zero-order valence-electron chi connectivity index (χ0n) is 29.6. The SMILES string of the molecule is CCCCCCCCCCCCc1ccc(-c2ccc(-c3c4ccccc4c(-c4ccc(OS(=O)(=O)C(F)(F)F)cc4)c4ccccc34)cc2)cc1. The lowest BCUT2D eigenvalue weighted by Crippen LogP contribution is -2.28. The van der Waals surface area contributed by atoms with Gasteiger partial charge in [-0.2, -0.15) is 21.6 Å². The minimum atomic E-state index is -5.77. The molecule has 0 amide bonds. The molecule has 0 aliphatic heterocycles. The van der Waals surface area contributed by atoms with Gasteiger partial charge in [-0.1, -0.05) is 174 Å². The summed E-state index contributed by atoms with van der Waals surface area (Å²) >= 11 is 0. The highest BCUT2D eigenvalue weighted by Gasteiger charge is 2.48. The van der Waals surface area contributed by atoms with Crippen molar-refractivity contribution in [1.82, 2.24) is 0 Å². The van der Waals surface area contributed by atoms with E-state index in [1.165, 1.54) is 87.5 Å². The van der Waals surface area contributed by atoms with Crippen molar-refractivity contribution >= 4 is 31.7 Å². The third-order valence-corrected chi connectivity index (χ3v) is 10.8. The van der Waals surface area contributed by atoms with Crippen molar-refractivity contribution in [3.05, 3.63) is 127 Å². The average molecular weight is 723 g/mol. The number of unbranched alkanes of at least 4 members (excludes halogenated alkanes) is 9. The van der Waals surface area contributed by atoms with Gasteiger partial charge in [0.1, 0.15) is 5.75 Å². The molecule has 0 aliphatic rings. The molecule has 0 saturated carbocycles. The van der Waals surface area contributed by atoms with Crippen LogP contribution in [-0.2, 0) is 16.5 Å². The van der Waals surface area contributed by atoms with Gasteiger partial charge in [-0.05, 0) is 85.5 Å². The molecule has 0 radical (unpaired) electrons. The van der Waals surface area contributed by atoms with Gasteiger partial charge in [0, 0.05) is 0 Å². The molecule has 270 valence electrons. The van der Waals surface area contributed by atoms with Crippen molar-refractivity contribution in [2.24, 2.45) is 0 Å². The van der Waals surface area contributed by atoms with E-state index >= 15 is 0 Å². The zero-order valence-corrected chi connectivity index (χ0v) is 30.4. The Hall–Kier alpha value is -4.62. The van der Waals surface area contributed by atoms with Crippen LogP contribution in [0.15, 0.2) is 121 Å². The Morgan fingerprint density at radius 2 is 0.846 bits per heavy atom. The van der Waals surface area contributed by atoms with Crippen molar-refractivity contribution < 1.29 is 25.8 Å². The molecule has 6 aromatic rings. The Morgan fingerprint density at radius 1 is 0.481 bits per heavy atom. The van der Waals surface area contributed by atoms with E-state index in [1.54, 1.807) is 12.1 Å². The summed E-state index contributed by atoms with van der Waals surface area (Å²) in [6.07, 6.45) is 14.5. The first-order valence-corrected chi connectivity index (χ1v) is 19.8. The Bertz CT molecular complexity index is 2130. The van der Waals surface area contributed by atoms with Gasteiger partial charge >= 0.3 is 15.6 Å². The molecule has 0 aliphatic carbocycles. The Labute approximate surface area is 305 Å². The van der Waals surface area contributed by atoms with Crippen LogP contribution in [0.4, 0.5) is 13.2 Å². The molecule has 3 nitrogen and oxygen atoms in total. The van der Waals surface area contributed by atoms with Crippen molar-refractivity contribution in [3.8, 4) is 39.1 Å². The number of hydrogen-bond acceptors (Lipinski definition) is 3. The summed E-state index contributed by atoms with van der Waals surface area (Å²) in [5.74, 6) is -0.407. The van der Waals surface area contributed by atoms with Crippen LogP contribution in [0.3, 0.4) is 0 Å². The topological polar surface area (TPSA) is 43.4 Å². The maximum absolute atomic E-state index is 12.9. The molecular formula is C45H45F3O3S. The van der Waals surface area contributed by atoms with Crippen molar-refractivity contribution in [3.63, 3.8) is 0 Å². The highest BCUT2D eigenvalue weighted by molar-refractivity contribution is 7.88. The van der Waals surface area contributed by atoms with Crippen molar-refractivity contribution in [2.45, 2.75) is 83.1 Å². The molecule has 0 atom stereocenters. The van der Waals surface area contributed by atoms with Crippen LogP contribution in [0.25, 0.3) is 54.9 Å². The molecular weight excluding hydrogens is 678 g/mol. The number of alkyl halides is 3. The number of hydrogen-bond donors (Lipinski definition) is 0. The first-order valence-electron chi connectivity index (χ1n) is 18.4. The molecule has 52 heavy (non-hydrogen) atoms. The number of benzene rings is 6. The molecule has 0 fully saturated rings. The molecule has 0 aromatic heterocycles. The predicted molar refractivity (Wildman–Crippen MR) is 209 cm³/mol. The third-order valence-electron chi connectivity index (χ3n) is 9.84. The minimum Gasteiger partial charge on any atom is -0.376 e. The first kappa shape index (κ1) is 37.1. The summed E-state index contributed by atoms with van der Waals surface area (Å²) in [4.78, 5) is 0. The highest BCUT2D eigenvalue weighted by atomic mass is 32.2. The Kier molecular flexibility index (Phi) is 12.0. The number of halogens is 3. The molecule has 6 aromatic carbocycles. The quantitative estimate of drug-likeness (QED) is 0.0432. The predicted octanol–water partition coefficient (Wildman–Crippen LogP) is 13.7. The summed E-state index contributed by atoms with van der Waals surface area (Å²) in [5.41, 5.74) is 1.98. The minimum absolute atomic E-state index is 0.407. The highest BCUT2D eigenvalue weighted by Crippen LogP contribution is 2.44. The van der Waals surface area contributed by atoms with Gasteiger partial charge in [0.2, 0.25) is 0 Å². The number of fused-ring (bicyclic) bond motifs is 2. The Morgan fingerprint density at radius 3 is 1.27 bits per heavy atom. The molecule has 6 rings (SSSR count). The maximum atomic E-state index is 12.9. The van der Waals surface area contributed by atoms with Crippen molar-refractivity contribution in [1.29, 1.82) is 0 Å². The normalized spacial score (nSPS) is 12.1. The van der Waals surface area contributed by atoms with Crippen LogP contribution in [0.2, 0.25) is 0 Å². The second-order valence-corrected chi connectivity index (χ2v) is 15.1. The molecule has 0 bridgehead atoms. The molecule has 0 N–H and O–H groups in total. The second-order valence-electron chi connectivity index (χ2n) is 13.6. The smallest absolute Gasteiger partial charge is 0.376 e. The monoisotopic (exact) mass is 722 g/mol. The molecule has 7 heteroatoms. The Balaban J connectivity index is 1.19. The van der Waals surface area contributed by atoms with Crippen LogP contribution in [-0.4, -0.2) is 13.9 Å². The maximum Gasteiger partial charge on any atom is 0.534 e. The fourth-order valence-electron chi connectivity index (χ4n) is 7.11. The zero-order chi connectivity index (χ0) is 36.6. The van der Waals surface area contributed by atoms with E-state index < -0.39 is 21.4 Å². The summed E-state index contributed by atoms with van der Waals surface area (Å²) in [7, 11) is -5.77. The lowest BCUT2D eigenvalue weighted by Gasteiger charge is -2.18. The van der Waals surface area contributed by atoms with E-state index in [9.17, 15) is 21.6 Å². The lowest BCUT2D eigenvalue weighted by molar-refractivity contribution is -0.0500. The fraction of sp³-hybridized carbons (Fsp3) is 0.289. The first-order chi connectivity index (χ1) is 25.2. The summed E-state index contributed by atoms with van der Waals surface area (Å²) in [6.45, 7) is 2.26. The van der Waals surface area contributed by atoms with Gasteiger partial charge in [-0.3, -0.25) is 0 Å². The second kappa shape index (κ2) is 16.8. The van der Waals surface area contributed by atoms with Gasteiger partial charge in [0.25, 0.3) is 0 Å². The van der Waals surface area contributed by atoms with Gasteiger partial charge in [-0.15, -0.1) is 0 Å². The molecule has 0 unspecified atom stereocenters. The third kappa shape index (κ3) is 8.70. The van der Waals surface area contributed by atoms with E-state index in [2.05, 4.69) is 71.8 Å². The molecule has 0 saturated heterocycles. The van der Waals surface area contributed by atoms with Gasteiger partial charge < -0.3 is 4.18 Å². The summed E-state index contributed by atoms with van der Waals surface area (Å²) in [6, 6.07) is 39.4. The van der Waals surface area contributed by atoms with Crippen LogP contribution >= 0.6 is 0 Å². The van der Waals surface area contributed by atoms with Gasteiger partial charge in [0.05, 0.1) is 0 Å². The largest absolute Gasteiger partial charge is 0.534 e. The van der Waals surface area contributed by atoms with E-state index in [0.29, 0.717) is 0 Å². The lowest BCUT2D eigenvalue weighted by atomic mass is 9.85. The molecule has 0 heterocycles. The van der Waals surface area contributed by atoms with Crippen LogP contribution in [0, 0.1) is 0 Å². The standard InChI is InChI=1S/C45H45F3O3S/c1-2-3-4-5-6-7-8-9-10-11-16-33-21-23-34(24-22-33)35-25-27-36(28-26-35)43-39-17-12-14-19-41(39)44(42-20-15-13-18-40(42)43)37-29-31-38(32-30-37)51-52(49,50)45(46,47)48/h12-15,17-32H,2-11,16H2,1H3. The van der Waals surface area contributed by atoms with Crippen LogP contribution < -0.4 is 4.18 Å². The van der Waals surface area contributed by atoms with E-state index in [0.717, 1.165) is 55.8 Å². The van der Waals surface area contributed by atoms with Crippen LogP contribution in [0.1, 0.15) is 76.7 Å². The number of aryl methyl sites for hydroxylation is 1. The van der Waals surface area contributed by atoms with Gasteiger partial charge in [-0.25, -0.2) is 0 Å². The van der Waals surface area contributed by atoms with E-state index in [1.807, 2.05) is 36.4 Å². The summed E-state index contributed by atoms with van der Waals surface area (Å²) < 4.78 is 66.2. The fourth-order valence-corrected chi connectivity index (χ4v) is 7.57.